The second-order valence-electron chi connectivity index (χ2n) is 7.19. The van der Waals surface area contributed by atoms with E-state index < -0.39 is 0 Å². The van der Waals surface area contributed by atoms with Gasteiger partial charge in [0.1, 0.15) is 6.61 Å². The lowest BCUT2D eigenvalue weighted by Gasteiger charge is -2.36. The summed E-state index contributed by atoms with van der Waals surface area (Å²) in [5, 5.41) is 14.1. The Hall–Kier alpha value is -0.760. The summed E-state index contributed by atoms with van der Waals surface area (Å²) in [5.74, 6) is 0.726. The molecule has 2 saturated heterocycles. The van der Waals surface area contributed by atoms with E-state index in [1.165, 1.54) is 38.8 Å². The van der Waals surface area contributed by atoms with E-state index in [-0.39, 0.29) is 6.61 Å². The minimum Gasteiger partial charge on any atom is -0.388 e. The van der Waals surface area contributed by atoms with Crippen LogP contribution < -0.4 is 0 Å². The number of piperidine rings is 1. The Morgan fingerprint density at radius 2 is 1.70 bits per heavy atom. The van der Waals surface area contributed by atoms with Crippen molar-refractivity contribution in [2.75, 3.05) is 26.2 Å². The first kappa shape index (κ1) is 15.7. The summed E-state index contributed by atoms with van der Waals surface area (Å²) in [4.78, 5) is 5.13. The summed E-state index contributed by atoms with van der Waals surface area (Å²) >= 11 is 5.59. The van der Waals surface area contributed by atoms with Crippen LogP contribution in [0.2, 0.25) is 0 Å². The molecule has 0 spiro atoms. The molecule has 7 heteroatoms. The van der Waals surface area contributed by atoms with Gasteiger partial charge < -0.3 is 10.0 Å². The van der Waals surface area contributed by atoms with Gasteiger partial charge in [-0.2, -0.15) is 5.10 Å². The van der Waals surface area contributed by atoms with Gasteiger partial charge in [-0.25, -0.2) is 4.68 Å². The molecule has 1 saturated carbocycles. The standard InChI is InChI=1S/C16H27N5OS/c22-11-15-17-20(16(23)21(15)14-3-4-14)12-18-9-5-13(6-10-18)19-7-1-2-8-19/h13-14,22H,1-12H2. The maximum absolute atomic E-state index is 9.53. The Kier molecular flexibility index (Phi) is 4.54. The van der Waals surface area contributed by atoms with Crippen molar-refractivity contribution in [2.24, 2.45) is 0 Å². The molecule has 0 bridgehead atoms. The summed E-state index contributed by atoms with van der Waals surface area (Å²) in [5.41, 5.74) is 0. The Bertz CT molecular complexity index is 594. The average Bonchev–Trinajstić information content (AvgIpc) is 3.15. The molecule has 23 heavy (non-hydrogen) atoms. The molecular formula is C16H27N5OS. The van der Waals surface area contributed by atoms with E-state index >= 15 is 0 Å². The van der Waals surface area contributed by atoms with Crippen LogP contribution in [-0.2, 0) is 13.3 Å². The van der Waals surface area contributed by atoms with Crippen LogP contribution >= 0.6 is 12.2 Å². The quantitative estimate of drug-likeness (QED) is 0.830. The molecular weight excluding hydrogens is 310 g/mol. The Labute approximate surface area is 142 Å². The maximum Gasteiger partial charge on any atom is 0.199 e. The third-order valence-corrected chi connectivity index (χ3v) is 5.95. The Balaban J connectivity index is 1.38. The molecule has 0 radical (unpaired) electrons. The monoisotopic (exact) mass is 337 g/mol. The number of aromatic nitrogens is 3. The van der Waals surface area contributed by atoms with Crippen LogP contribution in [0.1, 0.15) is 50.4 Å². The maximum atomic E-state index is 9.53. The van der Waals surface area contributed by atoms with Crippen molar-refractivity contribution in [3.05, 3.63) is 10.6 Å². The second kappa shape index (κ2) is 6.63. The third-order valence-electron chi connectivity index (χ3n) is 5.54. The summed E-state index contributed by atoms with van der Waals surface area (Å²) in [6.07, 6.45) is 7.57. The zero-order valence-electron chi connectivity index (χ0n) is 13.7. The molecule has 2 aliphatic heterocycles. The van der Waals surface area contributed by atoms with E-state index in [1.807, 2.05) is 4.68 Å². The average molecular weight is 337 g/mol. The number of hydrogen-bond acceptors (Lipinski definition) is 5. The molecule has 1 aromatic heterocycles. The van der Waals surface area contributed by atoms with Crippen LogP contribution in [-0.4, -0.2) is 61.5 Å². The van der Waals surface area contributed by atoms with E-state index in [0.29, 0.717) is 6.04 Å². The summed E-state index contributed by atoms with van der Waals surface area (Å²) < 4.78 is 4.75. The number of hydrogen-bond donors (Lipinski definition) is 1. The lowest BCUT2D eigenvalue weighted by Crippen LogP contribution is -2.44. The lowest BCUT2D eigenvalue weighted by atomic mass is 10.0. The predicted octanol–water partition coefficient (Wildman–Crippen LogP) is 1.76. The highest BCUT2D eigenvalue weighted by atomic mass is 32.1. The predicted molar refractivity (Wildman–Crippen MR) is 90.6 cm³/mol. The van der Waals surface area contributed by atoms with E-state index in [2.05, 4.69) is 19.5 Å². The van der Waals surface area contributed by atoms with Crippen LogP contribution in [0.25, 0.3) is 0 Å². The van der Waals surface area contributed by atoms with Crippen LogP contribution in [0, 0.1) is 4.77 Å². The van der Waals surface area contributed by atoms with Crippen molar-refractivity contribution in [1.82, 2.24) is 24.1 Å². The van der Waals surface area contributed by atoms with Gasteiger partial charge in [0.05, 0.1) is 6.67 Å². The minimum atomic E-state index is -0.0236. The smallest absolute Gasteiger partial charge is 0.199 e. The van der Waals surface area contributed by atoms with Crippen LogP contribution in [0.4, 0.5) is 0 Å². The van der Waals surface area contributed by atoms with Crippen LogP contribution in [0.5, 0.6) is 0 Å². The second-order valence-corrected chi connectivity index (χ2v) is 7.56. The lowest BCUT2D eigenvalue weighted by molar-refractivity contribution is 0.101. The van der Waals surface area contributed by atoms with Gasteiger partial charge in [-0.05, 0) is 63.8 Å². The number of aliphatic hydroxyl groups excluding tert-OH is 1. The van der Waals surface area contributed by atoms with Crippen LogP contribution in [0.3, 0.4) is 0 Å². The van der Waals surface area contributed by atoms with Crippen molar-refractivity contribution < 1.29 is 5.11 Å². The largest absolute Gasteiger partial charge is 0.388 e. The highest BCUT2D eigenvalue weighted by Crippen LogP contribution is 2.36. The summed E-state index contributed by atoms with van der Waals surface area (Å²) in [6.45, 7) is 5.56. The van der Waals surface area contributed by atoms with E-state index in [0.717, 1.165) is 49.2 Å². The zero-order valence-corrected chi connectivity index (χ0v) is 14.5. The Morgan fingerprint density at radius 1 is 1.00 bits per heavy atom. The molecule has 0 aromatic carbocycles. The summed E-state index contributed by atoms with van der Waals surface area (Å²) in [6, 6.07) is 1.25. The zero-order chi connectivity index (χ0) is 15.8. The van der Waals surface area contributed by atoms with Gasteiger partial charge in [-0.15, -0.1) is 0 Å². The molecule has 6 nitrogen and oxygen atoms in total. The fourth-order valence-corrected chi connectivity index (χ4v) is 4.44. The molecule has 0 amide bonds. The molecule has 0 unspecified atom stereocenters. The number of likely N-dealkylation sites (tertiary alicyclic amines) is 2. The van der Waals surface area contributed by atoms with Crippen molar-refractivity contribution in [3.63, 3.8) is 0 Å². The first-order chi connectivity index (χ1) is 11.3. The molecule has 1 aromatic rings. The normalized spacial score (nSPS) is 24.6. The van der Waals surface area contributed by atoms with Crippen LogP contribution in [0.15, 0.2) is 0 Å². The van der Waals surface area contributed by atoms with Crippen molar-refractivity contribution >= 4 is 12.2 Å². The summed E-state index contributed by atoms with van der Waals surface area (Å²) in [7, 11) is 0. The van der Waals surface area contributed by atoms with Gasteiger partial charge in [0, 0.05) is 25.2 Å². The molecule has 4 rings (SSSR count). The molecule has 128 valence electrons. The molecule has 3 fully saturated rings. The third kappa shape index (κ3) is 3.24. The Morgan fingerprint density at radius 3 is 2.30 bits per heavy atom. The van der Waals surface area contributed by atoms with E-state index in [9.17, 15) is 5.11 Å². The molecule has 3 heterocycles. The highest BCUT2D eigenvalue weighted by Gasteiger charge is 2.29. The number of aliphatic hydroxyl groups is 1. The topological polar surface area (TPSA) is 49.5 Å². The molecule has 3 aliphatic rings. The van der Waals surface area contributed by atoms with Gasteiger partial charge in [-0.3, -0.25) is 9.47 Å². The van der Waals surface area contributed by atoms with E-state index in [4.69, 9.17) is 12.2 Å². The van der Waals surface area contributed by atoms with Gasteiger partial charge in [-0.1, -0.05) is 0 Å². The molecule has 0 atom stereocenters. The minimum absolute atomic E-state index is 0.0236. The highest BCUT2D eigenvalue weighted by molar-refractivity contribution is 7.71. The van der Waals surface area contributed by atoms with Crippen molar-refractivity contribution in [1.29, 1.82) is 0 Å². The fraction of sp³-hybridized carbons (Fsp3) is 0.875. The first-order valence-electron chi connectivity index (χ1n) is 9.02. The van der Waals surface area contributed by atoms with Crippen molar-refractivity contribution in [2.45, 2.75) is 63.9 Å². The first-order valence-corrected chi connectivity index (χ1v) is 9.42. The SMILES string of the molecule is OCc1nn(CN2CCC(N3CCCC3)CC2)c(=S)n1C1CC1. The van der Waals surface area contributed by atoms with Gasteiger partial charge >= 0.3 is 0 Å². The number of nitrogens with zero attached hydrogens (tertiary/aromatic N) is 5. The van der Waals surface area contributed by atoms with Gasteiger partial charge in [0.25, 0.3) is 0 Å². The number of rotatable bonds is 5. The van der Waals surface area contributed by atoms with E-state index in [1.54, 1.807) is 0 Å². The molecule has 1 aliphatic carbocycles. The molecule has 1 N–H and O–H groups in total. The van der Waals surface area contributed by atoms with Crippen molar-refractivity contribution in [3.8, 4) is 0 Å². The fourth-order valence-electron chi connectivity index (χ4n) is 4.09. The van der Waals surface area contributed by atoms with Gasteiger partial charge in [0.2, 0.25) is 0 Å². The van der Waals surface area contributed by atoms with Gasteiger partial charge in [0.15, 0.2) is 10.6 Å².